The van der Waals surface area contributed by atoms with E-state index in [4.69, 9.17) is 0 Å². The van der Waals surface area contributed by atoms with Crippen LogP contribution in [-0.2, 0) is 12.7 Å². The highest BCUT2D eigenvalue weighted by Crippen LogP contribution is 2.34. The van der Waals surface area contributed by atoms with E-state index in [0.29, 0.717) is 24.1 Å². The number of aromatic amines is 1. The first-order chi connectivity index (χ1) is 18.8. The number of urea groups is 1. The van der Waals surface area contributed by atoms with Crippen LogP contribution in [0.3, 0.4) is 0 Å². The van der Waals surface area contributed by atoms with Gasteiger partial charge in [-0.2, -0.15) is 18.3 Å². The number of halogens is 3. The second-order valence-electron chi connectivity index (χ2n) is 10.3. The maximum absolute atomic E-state index is 12.9. The van der Waals surface area contributed by atoms with Gasteiger partial charge in [-0.3, -0.25) is 5.10 Å². The van der Waals surface area contributed by atoms with Crippen molar-refractivity contribution in [2.75, 3.05) is 10.6 Å². The SMILES string of the molecule is O=C(Nc1cccc(C(F)(F)F)c1)NC1CCC(NCc2nccc(Nc3cc(C4CCCC4)[nH]n3)n2)CC1. The average Bonchev–Trinajstić information content (AvgIpc) is 3.61. The molecule has 12 heteroatoms. The number of benzene rings is 1. The van der Waals surface area contributed by atoms with E-state index >= 15 is 0 Å². The van der Waals surface area contributed by atoms with Gasteiger partial charge in [-0.15, -0.1) is 0 Å². The number of nitrogens with one attached hydrogen (secondary N) is 5. The Hall–Kier alpha value is -3.67. The number of anilines is 3. The van der Waals surface area contributed by atoms with Crippen LogP contribution in [0.25, 0.3) is 0 Å². The molecule has 2 aliphatic carbocycles. The van der Waals surface area contributed by atoms with E-state index in [1.807, 2.05) is 6.07 Å². The minimum atomic E-state index is -4.46. The van der Waals surface area contributed by atoms with E-state index in [-0.39, 0.29) is 17.8 Å². The summed E-state index contributed by atoms with van der Waals surface area (Å²) in [7, 11) is 0. The number of H-pyrrole nitrogens is 1. The molecule has 39 heavy (non-hydrogen) atoms. The van der Waals surface area contributed by atoms with Crippen molar-refractivity contribution in [1.29, 1.82) is 0 Å². The Balaban J connectivity index is 1.04. The highest BCUT2D eigenvalue weighted by atomic mass is 19.4. The summed E-state index contributed by atoms with van der Waals surface area (Å²) in [6.07, 6.45) is 5.44. The number of hydrogen-bond donors (Lipinski definition) is 5. The van der Waals surface area contributed by atoms with Gasteiger partial charge in [-0.25, -0.2) is 14.8 Å². The second-order valence-corrected chi connectivity index (χ2v) is 10.3. The maximum atomic E-state index is 12.9. The Morgan fingerprint density at radius 3 is 2.51 bits per heavy atom. The van der Waals surface area contributed by atoms with Crippen LogP contribution >= 0.6 is 0 Å². The third-order valence-corrected chi connectivity index (χ3v) is 7.41. The quantitative estimate of drug-likeness (QED) is 0.244. The molecule has 2 saturated carbocycles. The fourth-order valence-corrected chi connectivity index (χ4v) is 5.34. The number of rotatable bonds is 8. The molecule has 1 aromatic carbocycles. The molecule has 2 amide bonds. The van der Waals surface area contributed by atoms with Gasteiger partial charge < -0.3 is 21.3 Å². The van der Waals surface area contributed by atoms with E-state index in [1.165, 1.54) is 43.5 Å². The first-order valence-electron chi connectivity index (χ1n) is 13.4. The van der Waals surface area contributed by atoms with E-state index in [1.54, 1.807) is 6.20 Å². The van der Waals surface area contributed by atoms with Crippen molar-refractivity contribution in [2.24, 2.45) is 0 Å². The van der Waals surface area contributed by atoms with Crippen LogP contribution in [0.1, 0.15) is 74.4 Å². The zero-order valence-electron chi connectivity index (χ0n) is 21.5. The number of carbonyl (C=O) groups excluding carboxylic acids is 1. The van der Waals surface area contributed by atoms with Gasteiger partial charge in [0.25, 0.3) is 0 Å². The normalized spacial score (nSPS) is 20.1. The summed E-state index contributed by atoms with van der Waals surface area (Å²) in [6, 6.07) is 8.19. The Morgan fingerprint density at radius 2 is 1.74 bits per heavy atom. The predicted molar refractivity (Wildman–Crippen MR) is 142 cm³/mol. The Bertz CT molecular complexity index is 1250. The van der Waals surface area contributed by atoms with Crippen molar-refractivity contribution >= 4 is 23.4 Å². The number of nitrogens with zero attached hydrogens (tertiary/aromatic N) is 3. The molecule has 2 aromatic heterocycles. The molecule has 0 atom stereocenters. The lowest BCUT2D eigenvalue weighted by molar-refractivity contribution is -0.137. The molecule has 0 spiro atoms. The van der Waals surface area contributed by atoms with Crippen molar-refractivity contribution in [3.05, 3.63) is 59.7 Å². The molecule has 0 saturated heterocycles. The first-order valence-corrected chi connectivity index (χ1v) is 13.4. The lowest BCUT2D eigenvalue weighted by atomic mass is 9.91. The molecule has 2 aliphatic rings. The fraction of sp³-hybridized carbons (Fsp3) is 0.481. The monoisotopic (exact) mass is 542 g/mol. The molecular formula is C27H33F3N8O. The highest BCUT2D eigenvalue weighted by molar-refractivity contribution is 5.89. The molecular weight excluding hydrogens is 509 g/mol. The molecule has 5 rings (SSSR count). The lowest BCUT2D eigenvalue weighted by Crippen LogP contribution is -2.43. The van der Waals surface area contributed by atoms with Crippen LogP contribution in [0.5, 0.6) is 0 Å². The van der Waals surface area contributed by atoms with Gasteiger partial charge in [0, 0.05) is 41.6 Å². The summed E-state index contributed by atoms with van der Waals surface area (Å²) in [6.45, 7) is 0.516. The van der Waals surface area contributed by atoms with Crippen molar-refractivity contribution in [2.45, 2.75) is 82.1 Å². The highest BCUT2D eigenvalue weighted by Gasteiger charge is 2.30. The maximum Gasteiger partial charge on any atom is 0.416 e. The molecule has 0 aliphatic heterocycles. The molecule has 0 unspecified atom stereocenters. The summed E-state index contributed by atoms with van der Waals surface area (Å²) < 4.78 is 38.7. The van der Waals surface area contributed by atoms with Crippen LogP contribution in [0.15, 0.2) is 42.6 Å². The fourth-order valence-electron chi connectivity index (χ4n) is 5.34. The van der Waals surface area contributed by atoms with Gasteiger partial charge in [0.15, 0.2) is 5.82 Å². The molecule has 0 bridgehead atoms. The zero-order chi connectivity index (χ0) is 27.2. The standard InChI is InChI=1S/C27H33F3N8O/c28-27(29,30)18-6-3-7-21(14-18)34-26(39)33-20-10-8-19(9-11-20)32-16-25-31-13-12-23(36-25)35-24-15-22(37-38-24)17-4-1-2-5-17/h3,6-7,12-15,17,19-20,32H,1-2,4-5,8-11,16H2,(H2,33,34,39)(H2,31,35,36,37,38). The van der Waals surface area contributed by atoms with Gasteiger partial charge in [-0.1, -0.05) is 18.9 Å². The van der Waals surface area contributed by atoms with Crippen molar-refractivity contribution < 1.29 is 18.0 Å². The summed E-state index contributed by atoms with van der Waals surface area (Å²) in [5.41, 5.74) is 0.479. The molecule has 3 aromatic rings. The number of aromatic nitrogens is 4. The van der Waals surface area contributed by atoms with Crippen molar-refractivity contribution in [3.63, 3.8) is 0 Å². The lowest BCUT2D eigenvalue weighted by Gasteiger charge is -2.29. The molecule has 2 fully saturated rings. The molecule has 208 valence electrons. The molecule has 5 N–H and O–H groups in total. The van der Waals surface area contributed by atoms with E-state index in [0.717, 1.165) is 43.6 Å². The van der Waals surface area contributed by atoms with Gasteiger partial charge in [0.2, 0.25) is 0 Å². The van der Waals surface area contributed by atoms with Gasteiger partial charge >= 0.3 is 12.2 Å². The molecule has 0 radical (unpaired) electrons. The largest absolute Gasteiger partial charge is 0.416 e. The number of amides is 2. The number of hydrogen-bond acceptors (Lipinski definition) is 6. The second kappa shape index (κ2) is 12.0. The van der Waals surface area contributed by atoms with Crippen LogP contribution in [0.2, 0.25) is 0 Å². The number of alkyl halides is 3. The predicted octanol–water partition coefficient (Wildman–Crippen LogP) is 5.84. The minimum Gasteiger partial charge on any atom is -0.335 e. The van der Waals surface area contributed by atoms with Crippen molar-refractivity contribution in [1.82, 2.24) is 30.8 Å². The Morgan fingerprint density at radius 1 is 0.974 bits per heavy atom. The Kier molecular flexibility index (Phi) is 8.30. The molecule has 2 heterocycles. The van der Waals surface area contributed by atoms with E-state index < -0.39 is 17.8 Å². The van der Waals surface area contributed by atoms with Crippen molar-refractivity contribution in [3.8, 4) is 0 Å². The van der Waals surface area contributed by atoms with Gasteiger partial charge in [-0.05, 0) is 62.8 Å². The first kappa shape index (κ1) is 26.9. The Labute approximate surface area is 224 Å². The van der Waals surface area contributed by atoms with Crippen LogP contribution in [-0.4, -0.2) is 38.3 Å². The summed E-state index contributed by atoms with van der Waals surface area (Å²) in [4.78, 5) is 21.3. The minimum absolute atomic E-state index is 0.0411. The number of carbonyl (C=O) groups is 1. The topological polar surface area (TPSA) is 120 Å². The summed E-state index contributed by atoms with van der Waals surface area (Å²) >= 11 is 0. The van der Waals surface area contributed by atoms with E-state index in [9.17, 15) is 18.0 Å². The van der Waals surface area contributed by atoms with Crippen LogP contribution < -0.4 is 21.3 Å². The third-order valence-electron chi connectivity index (χ3n) is 7.41. The summed E-state index contributed by atoms with van der Waals surface area (Å²) in [5, 5.41) is 19.6. The van der Waals surface area contributed by atoms with Gasteiger partial charge in [0.05, 0.1) is 12.1 Å². The summed E-state index contributed by atoms with van der Waals surface area (Å²) in [5.74, 6) is 2.67. The van der Waals surface area contributed by atoms with E-state index in [2.05, 4.69) is 47.5 Å². The zero-order valence-corrected chi connectivity index (χ0v) is 21.5. The molecule has 9 nitrogen and oxygen atoms in total. The average molecular weight is 543 g/mol. The smallest absolute Gasteiger partial charge is 0.335 e. The third kappa shape index (κ3) is 7.47. The van der Waals surface area contributed by atoms with Crippen LogP contribution in [0.4, 0.5) is 35.3 Å². The van der Waals surface area contributed by atoms with Gasteiger partial charge in [0.1, 0.15) is 11.6 Å². The van der Waals surface area contributed by atoms with Crippen LogP contribution in [0, 0.1) is 0 Å².